The fourth-order valence-corrected chi connectivity index (χ4v) is 3.87. The predicted octanol–water partition coefficient (Wildman–Crippen LogP) is 2.53. The van der Waals surface area contributed by atoms with Crippen molar-refractivity contribution in [3.8, 4) is 0 Å². The van der Waals surface area contributed by atoms with Crippen LogP contribution in [-0.4, -0.2) is 25.8 Å². The maximum absolute atomic E-state index is 13.6. The van der Waals surface area contributed by atoms with Crippen LogP contribution >= 0.6 is 0 Å². The molecule has 0 aliphatic carbocycles. The van der Waals surface area contributed by atoms with Crippen LogP contribution < -0.4 is 5.73 Å². The summed E-state index contributed by atoms with van der Waals surface area (Å²) < 4.78 is 40.0. The van der Waals surface area contributed by atoms with Crippen molar-refractivity contribution in [2.45, 2.75) is 44.6 Å². The molecule has 1 aromatic rings. The fraction of sp³-hybridized carbons (Fsp3) is 0.538. The Kier molecular flexibility index (Phi) is 4.92. The summed E-state index contributed by atoms with van der Waals surface area (Å²) in [7, 11) is -2.20. The van der Waals surface area contributed by atoms with Crippen molar-refractivity contribution in [3.05, 3.63) is 23.5 Å². The third-order valence-corrected chi connectivity index (χ3v) is 5.47. The molecule has 1 aromatic carbocycles. The van der Waals surface area contributed by atoms with E-state index >= 15 is 0 Å². The molecular weight excluding hydrogens is 267 g/mol. The summed E-state index contributed by atoms with van der Waals surface area (Å²) in [6, 6.07) is 2.34. The first-order valence-corrected chi connectivity index (χ1v) is 7.73. The Morgan fingerprint density at radius 3 is 2.32 bits per heavy atom. The molecule has 0 fully saturated rings. The fourth-order valence-electron chi connectivity index (χ4n) is 2.10. The van der Waals surface area contributed by atoms with E-state index in [0.29, 0.717) is 12.8 Å². The van der Waals surface area contributed by atoms with Gasteiger partial charge < -0.3 is 5.73 Å². The molecule has 0 atom stereocenters. The molecule has 0 aliphatic rings. The van der Waals surface area contributed by atoms with E-state index < -0.39 is 15.8 Å². The zero-order valence-electron chi connectivity index (χ0n) is 11.8. The van der Waals surface area contributed by atoms with Crippen LogP contribution in [0.5, 0.6) is 0 Å². The number of hydrogen-bond donors (Lipinski definition) is 1. The van der Waals surface area contributed by atoms with Gasteiger partial charge in [0.25, 0.3) is 0 Å². The molecule has 0 aliphatic heterocycles. The highest BCUT2D eigenvalue weighted by Gasteiger charge is 2.28. The van der Waals surface area contributed by atoms with E-state index in [2.05, 4.69) is 0 Å². The van der Waals surface area contributed by atoms with Crippen molar-refractivity contribution in [3.63, 3.8) is 0 Å². The molecule has 0 radical (unpaired) electrons. The number of rotatable bonds is 5. The van der Waals surface area contributed by atoms with Crippen molar-refractivity contribution in [1.82, 2.24) is 4.31 Å². The van der Waals surface area contributed by atoms with Crippen LogP contribution in [0.4, 0.5) is 10.1 Å². The molecule has 6 heteroatoms. The number of hydrogen-bond acceptors (Lipinski definition) is 3. The Morgan fingerprint density at radius 2 is 1.84 bits per heavy atom. The minimum absolute atomic E-state index is 0.0561. The summed E-state index contributed by atoms with van der Waals surface area (Å²) in [5, 5.41) is 0. The van der Waals surface area contributed by atoms with E-state index in [4.69, 9.17) is 5.73 Å². The topological polar surface area (TPSA) is 63.4 Å². The highest BCUT2D eigenvalue weighted by atomic mass is 32.2. The van der Waals surface area contributed by atoms with Gasteiger partial charge in [-0.3, -0.25) is 0 Å². The second-order valence-electron chi connectivity index (χ2n) is 4.62. The van der Waals surface area contributed by atoms with Gasteiger partial charge in [0.1, 0.15) is 5.82 Å². The van der Waals surface area contributed by atoms with Crippen molar-refractivity contribution in [2.24, 2.45) is 0 Å². The van der Waals surface area contributed by atoms with E-state index in [-0.39, 0.29) is 22.2 Å². The van der Waals surface area contributed by atoms with Crippen LogP contribution in [-0.2, 0) is 10.0 Å². The van der Waals surface area contributed by atoms with Crippen LogP contribution in [0.2, 0.25) is 0 Å². The first kappa shape index (κ1) is 15.9. The average Bonchev–Trinajstić information content (AvgIpc) is 2.34. The number of anilines is 1. The second-order valence-corrected chi connectivity index (χ2v) is 6.58. The van der Waals surface area contributed by atoms with Crippen molar-refractivity contribution >= 4 is 15.7 Å². The van der Waals surface area contributed by atoms with Gasteiger partial charge >= 0.3 is 0 Å². The minimum Gasteiger partial charge on any atom is -0.399 e. The van der Waals surface area contributed by atoms with Gasteiger partial charge in [0.15, 0.2) is 0 Å². The Morgan fingerprint density at radius 1 is 1.32 bits per heavy atom. The highest BCUT2D eigenvalue weighted by molar-refractivity contribution is 7.89. The van der Waals surface area contributed by atoms with Crippen LogP contribution in [0.15, 0.2) is 17.0 Å². The number of nitrogen functional groups attached to an aromatic ring is 1. The molecule has 0 aromatic heterocycles. The summed E-state index contributed by atoms with van der Waals surface area (Å²) in [5.41, 5.74) is 5.76. The number of sulfonamides is 1. The van der Waals surface area contributed by atoms with Gasteiger partial charge in [-0.1, -0.05) is 13.8 Å². The number of nitrogens with two attached hydrogens (primary N) is 1. The van der Waals surface area contributed by atoms with Crippen molar-refractivity contribution in [1.29, 1.82) is 0 Å². The molecule has 0 saturated heterocycles. The molecule has 4 nitrogen and oxygen atoms in total. The lowest BCUT2D eigenvalue weighted by molar-refractivity contribution is 0.349. The lowest BCUT2D eigenvalue weighted by atomic mass is 10.2. The Balaban J connectivity index is 3.35. The van der Waals surface area contributed by atoms with E-state index in [1.54, 1.807) is 0 Å². The normalized spacial score (nSPS) is 12.4. The third-order valence-electron chi connectivity index (χ3n) is 3.43. The average molecular weight is 288 g/mol. The number of halogens is 1. The zero-order valence-corrected chi connectivity index (χ0v) is 12.6. The number of nitrogens with zero attached hydrogens (tertiary/aromatic N) is 1. The first-order chi connectivity index (χ1) is 8.75. The maximum atomic E-state index is 13.6. The van der Waals surface area contributed by atoms with Gasteiger partial charge in [-0.05, 0) is 31.9 Å². The van der Waals surface area contributed by atoms with Gasteiger partial charge in [0.2, 0.25) is 10.0 Å². The summed E-state index contributed by atoms with van der Waals surface area (Å²) in [5.74, 6) is -0.600. The van der Waals surface area contributed by atoms with E-state index in [1.165, 1.54) is 24.3 Å². The monoisotopic (exact) mass is 288 g/mol. The Labute approximate surface area is 114 Å². The minimum atomic E-state index is -3.72. The van der Waals surface area contributed by atoms with Crippen molar-refractivity contribution < 1.29 is 12.8 Å². The third kappa shape index (κ3) is 3.06. The summed E-state index contributed by atoms with van der Waals surface area (Å²) in [4.78, 5) is -0.0561. The SMILES string of the molecule is CCC(CC)N(C)S(=O)(=O)c1cc(N)cc(F)c1C. The molecule has 0 saturated carbocycles. The molecule has 0 spiro atoms. The van der Waals surface area contributed by atoms with Crippen molar-refractivity contribution in [2.75, 3.05) is 12.8 Å². The van der Waals surface area contributed by atoms with Gasteiger partial charge in [-0.15, -0.1) is 0 Å². The Hall–Kier alpha value is -1.14. The quantitative estimate of drug-likeness (QED) is 0.847. The standard InChI is InChI=1S/C13H21FN2O2S/c1-5-11(6-2)16(4)19(17,18)13-8-10(15)7-12(14)9(13)3/h7-8,11H,5-6,15H2,1-4H3. The largest absolute Gasteiger partial charge is 0.399 e. The maximum Gasteiger partial charge on any atom is 0.243 e. The first-order valence-electron chi connectivity index (χ1n) is 6.29. The van der Waals surface area contributed by atoms with Gasteiger partial charge in [0.05, 0.1) is 4.90 Å². The van der Waals surface area contributed by atoms with Gasteiger partial charge in [-0.25, -0.2) is 12.8 Å². The smallest absolute Gasteiger partial charge is 0.243 e. The lowest BCUT2D eigenvalue weighted by Gasteiger charge is -2.26. The molecule has 0 bridgehead atoms. The van der Waals surface area contributed by atoms with Crippen LogP contribution in [0.3, 0.4) is 0 Å². The lowest BCUT2D eigenvalue weighted by Crippen LogP contribution is -2.36. The predicted molar refractivity (Wildman–Crippen MR) is 74.9 cm³/mol. The zero-order chi connectivity index (χ0) is 14.8. The molecule has 19 heavy (non-hydrogen) atoms. The Bertz CT molecular complexity index is 554. The molecule has 0 heterocycles. The van der Waals surface area contributed by atoms with Crippen LogP contribution in [0.25, 0.3) is 0 Å². The van der Waals surface area contributed by atoms with Crippen LogP contribution in [0, 0.1) is 12.7 Å². The second kappa shape index (κ2) is 5.88. The molecule has 1 rings (SSSR count). The molecule has 0 amide bonds. The van der Waals surface area contributed by atoms with E-state index in [1.807, 2.05) is 13.8 Å². The van der Waals surface area contributed by atoms with Gasteiger partial charge in [0, 0.05) is 24.3 Å². The summed E-state index contributed by atoms with van der Waals surface area (Å²) >= 11 is 0. The molecule has 108 valence electrons. The molecule has 2 N–H and O–H groups in total. The molecule has 0 unspecified atom stereocenters. The van der Waals surface area contributed by atoms with E-state index in [9.17, 15) is 12.8 Å². The summed E-state index contributed by atoms with van der Waals surface area (Å²) in [6.45, 7) is 5.29. The highest BCUT2D eigenvalue weighted by Crippen LogP contribution is 2.26. The molecular formula is C13H21FN2O2S. The van der Waals surface area contributed by atoms with Crippen LogP contribution in [0.1, 0.15) is 32.3 Å². The van der Waals surface area contributed by atoms with Gasteiger partial charge in [-0.2, -0.15) is 4.31 Å². The van der Waals surface area contributed by atoms with E-state index in [0.717, 1.165) is 6.07 Å². The summed E-state index contributed by atoms with van der Waals surface area (Å²) in [6.07, 6.45) is 1.41. The number of benzene rings is 1.